The molecule has 1 heterocycles. The lowest BCUT2D eigenvalue weighted by molar-refractivity contribution is -0.119. The summed E-state index contributed by atoms with van der Waals surface area (Å²) in [5, 5.41) is 2.73. The number of carbonyl (C=O) groups is 1. The van der Waals surface area contributed by atoms with E-state index in [2.05, 4.69) is 5.32 Å². The predicted octanol–water partition coefficient (Wildman–Crippen LogP) is 0.954. The monoisotopic (exact) mass is 177 g/mol. The molecule has 0 radical (unpaired) electrons. The van der Waals surface area contributed by atoms with E-state index in [-0.39, 0.29) is 12.0 Å². The lowest BCUT2D eigenvalue weighted by Crippen LogP contribution is -2.19. The van der Waals surface area contributed by atoms with E-state index in [0.29, 0.717) is 13.0 Å². The van der Waals surface area contributed by atoms with E-state index in [0.717, 1.165) is 5.75 Å². The summed E-state index contributed by atoms with van der Waals surface area (Å²) in [7, 11) is 0. The number of ether oxygens (including phenoxy) is 1. The zero-order valence-electron chi connectivity index (χ0n) is 7.19. The van der Waals surface area contributed by atoms with Crippen molar-refractivity contribution >= 4 is 5.91 Å². The number of hydrogen-bond donors (Lipinski definition) is 1. The van der Waals surface area contributed by atoms with Crippen LogP contribution in [0.5, 0.6) is 5.75 Å². The first-order valence-electron chi connectivity index (χ1n) is 4.33. The van der Waals surface area contributed by atoms with E-state index in [1.807, 2.05) is 30.3 Å². The molecular formula is C10H11NO2. The zero-order chi connectivity index (χ0) is 9.10. The SMILES string of the molecule is O=C1CC(Oc2ccccc2)CN1. The molecule has 0 bridgehead atoms. The number of nitrogens with one attached hydrogen (secondary N) is 1. The van der Waals surface area contributed by atoms with E-state index < -0.39 is 0 Å². The summed E-state index contributed by atoms with van der Waals surface area (Å²) in [4.78, 5) is 10.9. The molecule has 3 nitrogen and oxygen atoms in total. The summed E-state index contributed by atoms with van der Waals surface area (Å²) in [5.41, 5.74) is 0. The Balaban J connectivity index is 1.96. The van der Waals surface area contributed by atoms with Gasteiger partial charge in [-0.3, -0.25) is 4.79 Å². The molecule has 0 spiro atoms. The van der Waals surface area contributed by atoms with Gasteiger partial charge in [-0.05, 0) is 12.1 Å². The van der Waals surface area contributed by atoms with Crippen molar-refractivity contribution in [3.63, 3.8) is 0 Å². The molecule has 1 aliphatic heterocycles. The summed E-state index contributed by atoms with van der Waals surface area (Å²) in [5.74, 6) is 0.893. The van der Waals surface area contributed by atoms with Crippen molar-refractivity contribution in [2.45, 2.75) is 12.5 Å². The van der Waals surface area contributed by atoms with Crippen LogP contribution in [0.1, 0.15) is 6.42 Å². The van der Waals surface area contributed by atoms with Crippen molar-refractivity contribution in [3.8, 4) is 5.75 Å². The topological polar surface area (TPSA) is 38.3 Å². The van der Waals surface area contributed by atoms with Gasteiger partial charge in [0.05, 0.1) is 13.0 Å². The van der Waals surface area contributed by atoms with Crippen molar-refractivity contribution in [2.75, 3.05) is 6.54 Å². The van der Waals surface area contributed by atoms with Gasteiger partial charge in [0.25, 0.3) is 0 Å². The van der Waals surface area contributed by atoms with Gasteiger partial charge in [-0.2, -0.15) is 0 Å². The van der Waals surface area contributed by atoms with Gasteiger partial charge in [0, 0.05) is 0 Å². The third-order valence-electron chi connectivity index (χ3n) is 1.99. The minimum atomic E-state index is -0.00472. The van der Waals surface area contributed by atoms with Crippen molar-refractivity contribution < 1.29 is 9.53 Å². The first kappa shape index (κ1) is 8.10. The van der Waals surface area contributed by atoms with Gasteiger partial charge >= 0.3 is 0 Å². The lowest BCUT2D eigenvalue weighted by atomic mass is 10.3. The van der Waals surface area contributed by atoms with E-state index in [9.17, 15) is 4.79 Å². The fraction of sp³-hybridized carbons (Fsp3) is 0.300. The summed E-state index contributed by atoms with van der Waals surface area (Å²) in [6.07, 6.45) is 0.462. The summed E-state index contributed by atoms with van der Waals surface area (Å²) in [6, 6.07) is 9.55. The van der Waals surface area contributed by atoms with Crippen LogP contribution in [-0.4, -0.2) is 18.6 Å². The zero-order valence-corrected chi connectivity index (χ0v) is 7.19. The Bertz CT molecular complexity index is 297. The van der Waals surface area contributed by atoms with Crippen LogP contribution >= 0.6 is 0 Å². The van der Waals surface area contributed by atoms with Gasteiger partial charge in [-0.25, -0.2) is 0 Å². The second-order valence-corrected chi connectivity index (χ2v) is 3.06. The van der Waals surface area contributed by atoms with Crippen LogP contribution in [0.25, 0.3) is 0 Å². The fourth-order valence-electron chi connectivity index (χ4n) is 1.35. The average Bonchev–Trinajstić information content (AvgIpc) is 2.53. The van der Waals surface area contributed by atoms with E-state index in [4.69, 9.17) is 4.74 Å². The minimum absolute atomic E-state index is 0.00472. The van der Waals surface area contributed by atoms with Crippen molar-refractivity contribution in [2.24, 2.45) is 0 Å². The molecule has 1 aromatic rings. The molecule has 1 amide bonds. The number of carbonyl (C=O) groups excluding carboxylic acids is 1. The van der Waals surface area contributed by atoms with Crippen LogP contribution < -0.4 is 10.1 Å². The predicted molar refractivity (Wildman–Crippen MR) is 48.5 cm³/mol. The molecule has 1 saturated heterocycles. The van der Waals surface area contributed by atoms with E-state index >= 15 is 0 Å². The highest BCUT2D eigenvalue weighted by molar-refractivity contribution is 5.78. The molecule has 2 rings (SSSR count). The summed E-state index contributed by atoms with van der Waals surface area (Å²) in [6.45, 7) is 0.619. The quantitative estimate of drug-likeness (QED) is 0.730. The second kappa shape index (κ2) is 3.47. The average molecular weight is 177 g/mol. The first-order valence-corrected chi connectivity index (χ1v) is 4.33. The first-order chi connectivity index (χ1) is 6.34. The second-order valence-electron chi connectivity index (χ2n) is 3.06. The highest BCUT2D eigenvalue weighted by atomic mass is 16.5. The molecule has 0 aliphatic carbocycles. The van der Waals surface area contributed by atoms with Crippen LogP contribution in [0.4, 0.5) is 0 Å². The molecule has 3 heteroatoms. The number of amides is 1. The van der Waals surface area contributed by atoms with Crippen molar-refractivity contribution in [1.29, 1.82) is 0 Å². The number of benzene rings is 1. The van der Waals surface area contributed by atoms with E-state index in [1.165, 1.54) is 0 Å². The smallest absolute Gasteiger partial charge is 0.223 e. The largest absolute Gasteiger partial charge is 0.488 e. The molecule has 68 valence electrons. The van der Waals surface area contributed by atoms with Crippen LogP contribution in [-0.2, 0) is 4.79 Å². The molecule has 1 unspecified atom stereocenters. The van der Waals surface area contributed by atoms with Gasteiger partial charge < -0.3 is 10.1 Å². The maximum absolute atomic E-state index is 10.9. The molecule has 1 fully saturated rings. The molecule has 1 aromatic carbocycles. The Morgan fingerprint density at radius 3 is 2.69 bits per heavy atom. The van der Waals surface area contributed by atoms with Crippen molar-refractivity contribution in [1.82, 2.24) is 5.32 Å². The highest BCUT2D eigenvalue weighted by Gasteiger charge is 2.22. The number of hydrogen-bond acceptors (Lipinski definition) is 2. The van der Waals surface area contributed by atoms with Gasteiger partial charge in [0.2, 0.25) is 5.91 Å². The molecule has 13 heavy (non-hydrogen) atoms. The summed E-state index contributed by atoms with van der Waals surface area (Å²) >= 11 is 0. The Morgan fingerprint density at radius 1 is 1.31 bits per heavy atom. The van der Waals surface area contributed by atoms with Crippen LogP contribution in [0.3, 0.4) is 0 Å². The van der Waals surface area contributed by atoms with Gasteiger partial charge in [0.1, 0.15) is 11.9 Å². The van der Waals surface area contributed by atoms with Gasteiger partial charge in [-0.1, -0.05) is 18.2 Å². The maximum Gasteiger partial charge on any atom is 0.223 e. The van der Waals surface area contributed by atoms with Crippen LogP contribution in [0.15, 0.2) is 30.3 Å². The molecule has 0 saturated carbocycles. The van der Waals surface area contributed by atoms with Crippen LogP contribution in [0.2, 0.25) is 0 Å². The Morgan fingerprint density at radius 2 is 2.08 bits per heavy atom. The third-order valence-corrected chi connectivity index (χ3v) is 1.99. The summed E-state index contributed by atoms with van der Waals surface area (Å²) < 4.78 is 5.56. The Kier molecular flexibility index (Phi) is 2.17. The fourth-order valence-corrected chi connectivity index (χ4v) is 1.35. The lowest BCUT2D eigenvalue weighted by Gasteiger charge is -2.10. The van der Waals surface area contributed by atoms with E-state index in [1.54, 1.807) is 0 Å². The molecular weight excluding hydrogens is 166 g/mol. The van der Waals surface area contributed by atoms with Crippen LogP contribution in [0, 0.1) is 0 Å². The number of rotatable bonds is 2. The Hall–Kier alpha value is -1.51. The maximum atomic E-state index is 10.9. The molecule has 0 aromatic heterocycles. The molecule has 1 N–H and O–H groups in total. The molecule has 1 atom stereocenters. The Labute approximate surface area is 76.7 Å². The third kappa shape index (κ3) is 1.99. The minimum Gasteiger partial charge on any atom is -0.488 e. The number of para-hydroxylation sites is 1. The van der Waals surface area contributed by atoms with Gasteiger partial charge in [0.15, 0.2) is 0 Å². The highest BCUT2D eigenvalue weighted by Crippen LogP contribution is 2.14. The van der Waals surface area contributed by atoms with Crippen molar-refractivity contribution in [3.05, 3.63) is 30.3 Å². The standard InChI is InChI=1S/C10H11NO2/c12-10-6-9(7-11-10)13-8-4-2-1-3-5-8/h1-5,9H,6-7H2,(H,11,12). The molecule has 1 aliphatic rings. The normalized spacial score (nSPS) is 21.2. The van der Waals surface area contributed by atoms with Gasteiger partial charge in [-0.15, -0.1) is 0 Å².